The standard InChI is InChI=1S/C14H18N2O3S/c1-2-15-10-12-5-7-14(8-6-12)20(17,18)16-11-13-4-3-9-19-13/h3-9,15-16H,2,10-11H2,1H3. The van der Waals surface area contributed by atoms with E-state index in [0.29, 0.717) is 5.76 Å². The van der Waals surface area contributed by atoms with Crippen molar-refractivity contribution < 1.29 is 12.8 Å². The van der Waals surface area contributed by atoms with Gasteiger partial charge in [-0.15, -0.1) is 0 Å². The van der Waals surface area contributed by atoms with E-state index in [0.717, 1.165) is 18.7 Å². The number of furan rings is 1. The third kappa shape index (κ3) is 3.93. The Morgan fingerprint density at radius 1 is 1.10 bits per heavy atom. The summed E-state index contributed by atoms with van der Waals surface area (Å²) in [5.74, 6) is 0.581. The van der Waals surface area contributed by atoms with E-state index in [4.69, 9.17) is 4.42 Å². The summed E-state index contributed by atoms with van der Waals surface area (Å²) in [6, 6.07) is 10.3. The molecule has 6 heteroatoms. The first-order chi connectivity index (χ1) is 9.62. The summed E-state index contributed by atoms with van der Waals surface area (Å²) in [6.45, 7) is 3.78. The van der Waals surface area contributed by atoms with Gasteiger partial charge < -0.3 is 9.73 Å². The van der Waals surface area contributed by atoms with Crippen molar-refractivity contribution in [1.29, 1.82) is 0 Å². The van der Waals surface area contributed by atoms with Gasteiger partial charge in [0.15, 0.2) is 0 Å². The maximum Gasteiger partial charge on any atom is 0.240 e. The van der Waals surface area contributed by atoms with Crippen LogP contribution in [0.2, 0.25) is 0 Å². The fourth-order valence-corrected chi connectivity index (χ4v) is 2.71. The molecule has 0 aliphatic heterocycles. The summed E-state index contributed by atoms with van der Waals surface area (Å²) < 4.78 is 31.8. The molecule has 2 rings (SSSR count). The SMILES string of the molecule is CCNCc1ccc(S(=O)(=O)NCc2ccco2)cc1. The van der Waals surface area contributed by atoms with Crippen molar-refractivity contribution >= 4 is 10.0 Å². The van der Waals surface area contributed by atoms with E-state index in [1.807, 2.05) is 19.1 Å². The van der Waals surface area contributed by atoms with Gasteiger partial charge in [0.05, 0.1) is 17.7 Å². The lowest BCUT2D eigenvalue weighted by atomic mass is 10.2. The van der Waals surface area contributed by atoms with E-state index in [-0.39, 0.29) is 11.4 Å². The summed E-state index contributed by atoms with van der Waals surface area (Å²) in [5, 5.41) is 3.19. The first-order valence-corrected chi connectivity index (χ1v) is 7.92. The van der Waals surface area contributed by atoms with E-state index >= 15 is 0 Å². The number of nitrogens with one attached hydrogen (secondary N) is 2. The Balaban J connectivity index is 2.01. The second kappa shape index (κ2) is 6.69. The van der Waals surface area contributed by atoms with Gasteiger partial charge in [0.1, 0.15) is 5.76 Å². The fourth-order valence-electron chi connectivity index (χ4n) is 1.72. The average Bonchev–Trinajstić information content (AvgIpc) is 2.97. The first kappa shape index (κ1) is 14.8. The number of hydrogen-bond acceptors (Lipinski definition) is 4. The second-order valence-electron chi connectivity index (χ2n) is 4.33. The van der Waals surface area contributed by atoms with Crippen LogP contribution in [-0.4, -0.2) is 15.0 Å². The van der Waals surface area contributed by atoms with Gasteiger partial charge in [-0.2, -0.15) is 0 Å². The van der Waals surface area contributed by atoms with Crippen molar-refractivity contribution in [2.24, 2.45) is 0 Å². The molecule has 1 aromatic heterocycles. The lowest BCUT2D eigenvalue weighted by molar-refractivity contribution is 0.498. The van der Waals surface area contributed by atoms with Gasteiger partial charge in [0.25, 0.3) is 0 Å². The molecule has 1 heterocycles. The van der Waals surface area contributed by atoms with Crippen LogP contribution in [0.25, 0.3) is 0 Å². The molecule has 2 aromatic rings. The van der Waals surface area contributed by atoms with Crippen molar-refractivity contribution in [3.05, 3.63) is 54.0 Å². The van der Waals surface area contributed by atoms with Crippen LogP contribution < -0.4 is 10.0 Å². The van der Waals surface area contributed by atoms with Crippen LogP contribution in [0.1, 0.15) is 18.2 Å². The predicted molar refractivity (Wildman–Crippen MR) is 76.6 cm³/mol. The molecule has 0 aliphatic carbocycles. The minimum atomic E-state index is -3.50. The lowest BCUT2D eigenvalue weighted by Gasteiger charge is -2.07. The van der Waals surface area contributed by atoms with Crippen LogP contribution in [0.3, 0.4) is 0 Å². The largest absolute Gasteiger partial charge is 0.468 e. The third-order valence-corrected chi connectivity index (χ3v) is 4.25. The molecule has 0 saturated carbocycles. The Morgan fingerprint density at radius 3 is 2.45 bits per heavy atom. The number of sulfonamides is 1. The van der Waals surface area contributed by atoms with Gasteiger partial charge in [0, 0.05) is 6.54 Å². The molecule has 0 radical (unpaired) electrons. The Kier molecular flexibility index (Phi) is 4.94. The van der Waals surface area contributed by atoms with Crippen molar-refractivity contribution in [2.45, 2.75) is 24.9 Å². The molecule has 0 amide bonds. The third-order valence-electron chi connectivity index (χ3n) is 2.83. The molecule has 0 fully saturated rings. The smallest absolute Gasteiger partial charge is 0.240 e. The van der Waals surface area contributed by atoms with Crippen molar-refractivity contribution in [1.82, 2.24) is 10.0 Å². The summed E-state index contributed by atoms with van der Waals surface area (Å²) >= 11 is 0. The zero-order valence-corrected chi connectivity index (χ0v) is 12.1. The van der Waals surface area contributed by atoms with Crippen molar-refractivity contribution in [3.8, 4) is 0 Å². The second-order valence-corrected chi connectivity index (χ2v) is 6.10. The highest BCUT2D eigenvalue weighted by Gasteiger charge is 2.13. The number of rotatable bonds is 7. The summed E-state index contributed by atoms with van der Waals surface area (Å²) in [5.41, 5.74) is 1.05. The van der Waals surface area contributed by atoms with Gasteiger partial charge in [0.2, 0.25) is 10.0 Å². The molecule has 5 nitrogen and oxygen atoms in total. The quantitative estimate of drug-likeness (QED) is 0.818. The summed E-state index contributed by atoms with van der Waals surface area (Å²) in [7, 11) is -3.50. The highest BCUT2D eigenvalue weighted by molar-refractivity contribution is 7.89. The minimum Gasteiger partial charge on any atom is -0.468 e. The minimum absolute atomic E-state index is 0.147. The molecule has 20 heavy (non-hydrogen) atoms. The molecule has 0 saturated heterocycles. The monoisotopic (exact) mass is 294 g/mol. The van der Waals surface area contributed by atoms with Crippen LogP contribution in [-0.2, 0) is 23.1 Å². The van der Waals surface area contributed by atoms with E-state index in [9.17, 15) is 8.42 Å². The molecular formula is C14H18N2O3S. The number of benzene rings is 1. The molecule has 0 bridgehead atoms. The van der Waals surface area contributed by atoms with Gasteiger partial charge >= 0.3 is 0 Å². The van der Waals surface area contributed by atoms with Gasteiger partial charge in [-0.05, 0) is 36.4 Å². The van der Waals surface area contributed by atoms with E-state index in [1.54, 1.807) is 24.3 Å². The van der Waals surface area contributed by atoms with E-state index in [1.165, 1.54) is 6.26 Å². The molecule has 1 aromatic carbocycles. The van der Waals surface area contributed by atoms with Gasteiger partial charge in [-0.1, -0.05) is 19.1 Å². The maximum absolute atomic E-state index is 12.1. The molecule has 108 valence electrons. The zero-order valence-electron chi connectivity index (χ0n) is 11.3. The molecule has 0 atom stereocenters. The fraction of sp³-hybridized carbons (Fsp3) is 0.286. The topological polar surface area (TPSA) is 71.3 Å². The average molecular weight is 294 g/mol. The van der Waals surface area contributed by atoms with Crippen LogP contribution in [0.5, 0.6) is 0 Å². The molecular weight excluding hydrogens is 276 g/mol. The Bertz CT molecular complexity index is 619. The first-order valence-electron chi connectivity index (χ1n) is 6.43. The van der Waals surface area contributed by atoms with Crippen LogP contribution in [0, 0.1) is 0 Å². The predicted octanol–water partition coefficient (Wildman–Crippen LogP) is 1.87. The highest BCUT2D eigenvalue weighted by atomic mass is 32.2. The Hall–Kier alpha value is -1.63. The van der Waals surface area contributed by atoms with E-state index < -0.39 is 10.0 Å². The zero-order chi connectivity index (χ0) is 14.4. The molecule has 0 unspecified atom stereocenters. The van der Waals surface area contributed by atoms with Crippen LogP contribution in [0.15, 0.2) is 52.0 Å². The molecule has 2 N–H and O–H groups in total. The lowest BCUT2D eigenvalue weighted by Crippen LogP contribution is -2.23. The summed E-state index contributed by atoms with van der Waals surface area (Å²) in [6.07, 6.45) is 1.51. The van der Waals surface area contributed by atoms with Crippen molar-refractivity contribution in [3.63, 3.8) is 0 Å². The normalized spacial score (nSPS) is 11.7. The van der Waals surface area contributed by atoms with Crippen molar-refractivity contribution in [2.75, 3.05) is 6.54 Å². The molecule has 0 spiro atoms. The van der Waals surface area contributed by atoms with E-state index in [2.05, 4.69) is 10.0 Å². The number of hydrogen-bond donors (Lipinski definition) is 2. The van der Waals surface area contributed by atoms with Crippen LogP contribution in [0.4, 0.5) is 0 Å². The summed E-state index contributed by atoms with van der Waals surface area (Å²) in [4.78, 5) is 0.254. The Morgan fingerprint density at radius 2 is 1.85 bits per heavy atom. The van der Waals surface area contributed by atoms with Gasteiger partial charge in [-0.25, -0.2) is 13.1 Å². The maximum atomic E-state index is 12.1. The Labute approximate surface area is 119 Å². The van der Waals surface area contributed by atoms with Crippen LogP contribution >= 0.6 is 0 Å². The molecule has 0 aliphatic rings. The highest BCUT2D eigenvalue weighted by Crippen LogP contribution is 2.11. The van der Waals surface area contributed by atoms with Gasteiger partial charge in [-0.3, -0.25) is 0 Å².